The summed E-state index contributed by atoms with van der Waals surface area (Å²) in [6.45, 7) is 0.660. The molecule has 2 aliphatic rings. The van der Waals surface area contributed by atoms with Gasteiger partial charge in [-0.05, 0) is 18.9 Å². The molecule has 0 radical (unpaired) electrons. The van der Waals surface area contributed by atoms with Gasteiger partial charge in [-0.25, -0.2) is 13.4 Å². The third-order valence-corrected chi connectivity index (χ3v) is 5.22. The molecule has 1 aliphatic heterocycles. The Hall–Kier alpha value is -1.50. The second-order valence-corrected chi connectivity index (χ2v) is 6.40. The summed E-state index contributed by atoms with van der Waals surface area (Å²) in [4.78, 5) is 4.01. The number of nitrogens with two attached hydrogens (primary N) is 1. The lowest BCUT2D eigenvalue weighted by Gasteiger charge is -2.29. The Balaban J connectivity index is 2.07. The molecule has 2 heterocycles. The second kappa shape index (κ2) is 3.49. The highest BCUT2D eigenvalue weighted by atomic mass is 32.2. The van der Waals surface area contributed by atoms with Crippen LogP contribution in [0.5, 0.6) is 5.88 Å². The van der Waals surface area contributed by atoms with E-state index in [0.29, 0.717) is 30.4 Å². The van der Waals surface area contributed by atoms with Gasteiger partial charge in [0.2, 0.25) is 15.9 Å². The molecule has 1 aromatic heterocycles. The number of anilines is 2. The molecule has 0 unspecified atom stereocenters. The van der Waals surface area contributed by atoms with Crippen LogP contribution in [0.15, 0.2) is 12.3 Å². The minimum absolute atomic E-state index is 0.241. The number of nitrogens with zero attached hydrogens (tertiary/aromatic N) is 2. The number of ether oxygens (including phenoxy) is 1. The molecule has 6 nitrogen and oxygen atoms in total. The van der Waals surface area contributed by atoms with E-state index < -0.39 is 10.0 Å². The van der Waals surface area contributed by atoms with E-state index in [-0.39, 0.29) is 5.25 Å². The van der Waals surface area contributed by atoms with Crippen LogP contribution in [0.4, 0.5) is 11.4 Å². The second-order valence-electron chi connectivity index (χ2n) is 4.26. The zero-order chi connectivity index (χ0) is 12.0. The van der Waals surface area contributed by atoms with E-state index in [0.717, 1.165) is 12.8 Å². The molecular weight excluding hydrogens is 242 g/mol. The molecule has 1 fully saturated rings. The molecule has 0 amide bonds. The first-order valence-corrected chi connectivity index (χ1v) is 6.99. The normalized spacial score (nSPS) is 19.6. The minimum atomic E-state index is -3.26. The first kappa shape index (κ1) is 10.6. The lowest BCUT2D eigenvalue weighted by molar-refractivity contribution is 0.303. The molecule has 0 bridgehead atoms. The fourth-order valence-electron chi connectivity index (χ4n) is 1.90. The standard InChI is InChI=1S/C10H13N3O3S/c11-7-5-9-10(12-6-7)16-4-3-13(9)17(14,15)8-1-2-8/h5-6,8H,1-4,11H2. The summed E-state index contributed by atoms with van der Waals surface area (Å²) in [6, 6.07) is 1.60. The number of nitrogen functional groups attached to an aromatic ring is 1. The number of hydrogen-bond donors (Lipinski definition) is 1. The van der Waals surface area contributed by atoms with E-state index in [9.17, 15) is 8.42 Å². The van der Waals surface area contributed by atoms with Gasteiger partial charge in [0.05, 0.1) is 23.7 Å². The van der Waals surface area contributed by atoms with Crippen molar-refractivity contribution in [1.29, 1.82) is 0 Å². The molecule has 1 saturated carbocycles. The van der Waals surface area contributed by atoms with Gasteiger partial charge in [-0.1, -0.05) is 0 Å². The molecule has 1 aromatic rings. The zero-order valence-electron chi connectivity index (χ0n) is 9.17. The largest absolute Gasteiger partial charge is 0.474 e. The predicted octanol–water partition coefficient (Wildman–Crippen LogP) is 0.355. The van der Waals surface area contributed by atoms with Gasteiger partial charge in [-0.2, -0.15) is 0 Å². The van der Waals surface area contributed by atoms with Crippen LogP contribution in [0, 0.1) is 0 Å². The molecule has 0 atom stereocenters. The van der Waals surface area contributed by atoms with Crippen molar-refractivity contribution in [3.8, 4) is 5.88 Å². The van der Waals surface area contributed by atoms with Crippen molar-refractivity contribution in [2.45, 2.75) is 18.1 Å². The number of hydrogen-bond acceptors (Lipinski definition) is 5. The highest BCUT2D eigenvalue weighted by molar-refractivity contribution is 7.93. The Bertz CT molecular complexity index is 554. The SMILES string of the molecule is Nc1cnc2c(c1)N(S(=O)(=O)C1CC1)CCO2. The third-order valence-electron chi connectivity index (χ3n) is 2.91. The van der Waals surface area contributed by atoms with Crippen LogP contribution in [0.1, 0.15) is 12.8 Å². The van der Waals surface area contributed by atoms with Gasteiger partial charge >= 0.3 is 0 Å². The van der Waals surface area contributed by atoms with E-state index in [4.69, 9.17) is 10.5 Å². The van der Waals surface area contributed by atoms with Gasteiger partial charge in [-0.15, -0.1) is 0 Å². The Morgan fingerprint density at radius 3 is 2.94 bits per heavy atom. The fraction of sp³-hybridized carbons (Fsp3) is 0.500. The molecule has 0 spiro atoms. The van der Waals surface area contributed by atoms with Gasteiger partial charge in [0.15, 0.2) is 0 Å². The predicted molar refractivity (Wildman–Crippen MR) is 63.4 cm³/mol. The number of pyridine rings is 1. The van der Waals surface area contributed by atoms with Crippen molar-refractivity contribution in [1.82, 2.24) is 4.98 Å². The highest BCUT2D eigenvalue weighted by Gasteiger charge is 2.42. The number of fused-ring (bicyclic) bond motifs is 1. The van der Waals surface area contributed by atoms with Gasteiger partial charge in [0.1, 0.15) is 12.3 Å². The number of aromatic nitrogens is 1. The first-order valence-electron chi connectivity index (χ1n) is 5.49. The van der Waals surface area contributed by atoms with Gasteiger partial charge in [-0.3, -0.25) is 4.31 Å². The van der Waals surface area contributed by atoms with Crippen LogP contribution < -0.4 is 14.8 Å². The quantitative estimate of drug-likeness (QED) is 0.824. The summed E-state index contributed by atoms with van der Waals surface area (Å²) in [5, 5.41) is -0.241. The van der Waals surface area contributed by atoms with Crippen LogP contribution in [0.3, 0.4) is 0 Å². The van der Waals surface area contributed by atoms with Crippen molar-refractivity contribution in [3.05, 3.63) is 12.3 Å². The van der Waals surface area contributed by atoms with Crippen molar-refractivity contribution in [2.75, 3.05) is 23.2 Å². The Labute approximate surface area is 99.4 Å². The average Bonchev–Trinajstić information content (AvgIpc) is 3.12. The fourth-order valence-corrected chi connectivity index (χ4v) is 3.73. The third kappa shape index (κ3) is 1.70. The van der Waals surface area contributed by atoms with Gasteiger partial charge in [0.25, 0.3) is 0 Å². The van der Waals surface area contributed by atoms with E-state index in [2.05, 4.69) is 4.98 Å². The average molecular weight is 255 g/mol. The molecule has 0 aromatic carbocycles. The molecule has 17 heavy (non-hydrogen) atoms. The first-order chi connectivity index (χ1) is 8.09. The Morgan fingerprint density at radius 1 is 1.47 bits per heavy atom. The summed E-state index contributed by atoms with van der Waals surface area (Å²) in [5.41, 5.74) is 6.54. The number of sulfonamides is 1. The summed E-state index contributed by atoms with van der Waals surface area (Å²) in [5.74, 6) is 0.342. The summed E-state index contributed by atoms with van der Waals surface area (Å²) in [6.07, 6.45) is 2.95. The Morgan fingerprint density at radius 2 is 2.24 bits per heavy atom. The van der Waals surface area contributed by atoms with E-state index in [1.165, 1.54) is 10.5 Å². The maximum atomic E-state index is 12.2. The van der Waals surface area contributed by atoms with Crippen LogP contribution >= 0.6 is 0 Å². The zero-order valence-corrected chi connectivity index (χ0v) is 9.98. The monoisotopic (exact) mass is 255 g/mol. The van der Waals surface area contributed by atoms with Crippen molar-refractivity contribution in [2.24, 2.45) is 0 Å². The molecule has 92 valence electrons. The van der Waals surface area contributed by atoms with Gasteiger partial charge in [0, 0.05) is 0 Å². The van der Waals surface area contributed by atoms with E-state index in [1.807, 2.05) is 0 Å². The molecule has 2 N–H and O–H groups in total. The van der Waals surface area contributed by atoms with Crippen LogP contribution in [0.25, 0.3) is 0 Å². The lowest BCUT2D eigenvalue weighted by Crippen LogP contribution is -2.40. The lowest BCUT2D eigenvalue weighted by atomic mass is 10.3. The highest BCUT2D eigenvalue weighted by Crippen LogP contribution is 2.38. The van der Waals surface area contributed by atoms with Crippen molar-refractivity contribution >= 4 is 21.4 Å². The molecule has 0 saturated heterocycles. The van der Waals surface area contributed by atoms with Crippen LogP contribution in [-0.4, -0.2) is 31.8 Å². The Kier molecular flexibility index (Phi) is 2.19. The van der Waals surface area contributed by atoms with E-state index in [1.54, 1.807) is 6.07 Å². The summed E-state index contributed by atoms with van der Waals surface area (Å²) < 4.78 is 31.2. The molecular formula is C10H13N3O3S. The van der Waals surface area contributed by atoms with Crippen molar-refractivity contribution in [3.63, 3.8) is 0 Å². The van der Waals surface area contributed by atoms with Crippen LogP contribution in [0.2, 0.25) is 0 Å². The molecule has 7 heteroatoms. The number of rotatable bonds is 2. The van der Waals surface area contributed by atoms with Gasteiger partial charge < -0.3 is 10.5 Å². The van der Waals surface area contributed by atoms with Crippen molar-refractivity contribution < 1.29 is 13.2 Å². The molecule has 1 aliphatic carbocycles. The summed E-state index contributed by atoms with van der Waals surface area (Å²) >= 11 is 0. The maximum absolute atomic E-state index is 12.2. The summed E-state index contributed by atoms with van der Waals surface area (Å²) in [7, 11) is -3.26. The topological polar surface area (TPSA) is 85.5 Å². The maximum Gasteiger partial charge on any atom is 0.238 e. The van der Waals surface area contributed by atoms with Crippen LogP contribution in [-0.2, 0) is 10.0 Å². The van der Waals surface area contributed by atoms with E-state index >= 15 is 0 Å². The minimum Gasteiger partial charge on any atom is -0.474 e. The smallest absolute Gasteiger partial charge is 0.238 e. The molecule has 3 rings (SSSR count).